The van der Waals surface area contributed by atoms with E-state index in [4.69, 9.17) is 0 Å². The molecule has 1 aromatic heterocycles. The van der Waals surface area contributed by atoms with Gasteiger partial charge >= 0.3 is 0 Å². The van der Waals surface area contributed by atoms with Gasteiger partial charge < -0.3 is 10.2 Å². The van der Waals surface area contributed by atoms with Gasteiger partial charge in [-0.2, -0.15) is 0 Å². The topological polar surface area (TPSA) is 58.1 Å². The van der Waals surface area contributed by atoms with Crippen LogP contribution >= 0.6 is 0 Å². The zero-order valence-corrected chi connectivity index (χ0v) is 14.0. The Balaban J connectivity index is 2.04. The van der Waals surface area contributed by atoms with Crippen LogP contribution in [-0.2, 0) is 0 Å². The van der Waals surface area contributed by atoms with Crippen LogP contribution in [0.1, 0.15) is 63.4 Å². The summed E-state index contributed by atoms with van der Waals surface area (Å²) in [6.45, 7) is 8.17. The van der Waals surface area contributed by atoms with Gasteiger partial charge in [-0.05, 0) is 44.1 Å². The summed E-state index contributed by atoms with van der Waals surface area (Å²) < 4.78 is 0. The number of aromatic nitrogens is 2. The molecule has 1 saturated heterocycles. The van der Waals surface area contributed by atoms with Crippen molar-refractivity contribution >= 4 is 11.9 Å². The lowest BCUT2D eigenvalue weighted by molar-refractivity contribution is 0.0947. The highest BCUT2D eigenvalue weighted by molar-refractivity contribution is 5.92. The van der Waals surface area contributed by atoms with Crippen molar-refractivity contribution in [3.8, 4) is 0 Å². The molecular weight excluding hydrogens is 276 g/mol. The van der Waals surface area contributed by atoms with Crippen LogP contribution in [0.2, 0.25) is 0 Å². The molecule has 1 atom stereocenters. The number of carbonyl (C=O) groups is 1. The van der Waals surface area contributed by atoms with E-state index >= 15 is 0 Å². The van der Waals surface area contributed by atoms with Crippen LogP contribution < -0.4 is 10.2 Å². The van der Waals surface area contributed by atoms with E-state index < -0.39 is 0 Å². The molecule has 0 bridgehead atoms. The Bertz CT molecular complexity index is 489. The molecule has 5 nitrogen and oxygen atoms in total. The van der Waals surface area contributed by atoms with Gasteiger partial charge in [-0.3, -0.25) is 4.79 Å². The van der Waals surface area contributed by atoms with Gasteiger partial charge in [-0.25, -0.2) is 9.97 Å². The number of amides is 1. The van der Waals surface area contributed by atoms with Crippen molar-refractivity contribution in [1.82, 2.24) is 15.3 Å². The first-order valence-electron chi connectivity index (χ1n) is 8.49. The van der Waals surface area contributed by atoms with E-state index in [9.17, 15) is 4.79 Å². The largest absolute Gasteiger partial charge is 0.351 e. The first kappa shape index (κ1) is 16.7. The lowest BCUT2D eigenvalue weighted by Crippen LogP contribution is -2.40. The maximum absolute atomic E-state index is 12.2. The molecule has 1 N–H and O–H groups in total. The van der Waals surface area contributed by atoms with E-state index in [1.54, 1.807) is 12.3 Å². The molecule has 2 heterocycles. The minimum atomic E-state index is -0.102. The van der Waals surface area contributed by atoms with Crippen molar-refractivity contribution in [1.29, 1.82) is 0 Å². The highest BCUT2D eigenvalue weighted by Crippen LogP contribution is 2.23. The molecule has 122 valence electrons. The number of rotatable bonds is 6. The number of anilines is 1. The zero-order valence-electron chi connectivity index (χ0n) is 14.0. The molecule has 1 aliphatic rings. The molecule has 22 heavy (non-hydrogen) atoms. The summed E-state index contributed by atoms with van der Waals surface area (Å²) in [6, 6.07) is 2.19. The second-order valence-corrected chi connectivity index (χ2v) is 6.43. The summed E-state index contributed by atoms with van der Waals surface area (Å²) in [5, 5.41) is 2.94. The molecule has 0 saturated carbocycles. The highest BCUT2D eigenvalue weighted by atomic mass is 16.1. The Labute approximate surface area is 133 Å². The summed E-state index contributed by atoms with van der Waals surface area (Å²) >= 11 is 0. The van der Waals surface area contributed by atoms with Crippen LogP contribution in [0.4, 0.5) is 5.95 Å². The second-order valence-electron chi connectivity index (χ2n) is 6.43. The van der Waals surface area contributed by atoms with Crippen molar-refractivity contribution in [3.05, 3.63) is 18.0 Å². The molecule has 0 radical (unpaired) electrons. The third kappa shape index (κ3) is 4.42. The predicted molar refractivity (Wildman–Crippen MR) is 89.1 cm³/mol. The Morgan fingerprint density at radius 3 is 3.00 bits per heavy atom. The van der Waals surface area contributed by atoms with E-state index in [-0.39, 0.29) is 5.91 Å². The Morgan fingerprint density at radius 2 is 2.27 bits per heavy atom. The summed E-state index contributed by atoms with van der Waals surface area (Å²) in [7, 11) is 0. The number of nitrogens with one attached hydrogen (secondary N) is 1. The fraction of sp³-hybridized carbons (Fsp3) is 0.706. The Morgan fingerprint density at radius 1 is 1.45 bits per heavy atom. The molecule has 0 aromatic carbocycles. The number of hydrogen-bond donors (Lipinski definition) is 1. The van der Waals surface area contributed by atoms with Gasteiger partial charge in [0.1, 0.15) is 5.69 Å². The predicted octanol–water partition coefficient (Wildman–Crippen LogP) is 3.02. The summed E-state index contributed by atoms with van der Waals surface area (Å²) in [4.78, 5) is 23.3. The Hall–Kier alpha value is -1.65. The maximum Gasteiger partial charge on any atom is 0.270 e. The summed E-state index contributed by atoms with van der Waals surface area (Å²) in [5.41, 5.74) is 0.467. The first-order chi connectivity index (χ1) is 10.6. The Kier molecular flexibility index (Phi) is 6.16. The molecule has 1 aliphatic heterocycles. The van der Waals surface area contributed by atoms with Crippen molar-refractivity contribution in [3.63, 3.8) is 0 Å². The van der Waals surface area contributed by atoms with E-state index in [2.05, 4.69) is 41.0 Å². The molecule has 5 heteroatoms. The van der Waals surface area contributed by atoms with Gasteiger partial charge in [0.15, 0.2) is 0 Å². The molecule has 1 fully saturated rings. The average Bonchev–Trinajstić information content (AvgIpc) is 2.54. The van der Waals surface area contributed by atoms with Crippen LogP contribution in [0.15, 0.2) is 12.3 Å². The highest BCUT2D eigenvalue weighted by Gasteiger charge is 2.23. The monoisotopic (exact) mass is 304 g/mol. The summed E-state index contributed by atoms with van der Waals surface area (Å²) in [5.74, 6) is 1.18. The average molecular weight is 304 g/mol. The third-order valence-corrected chi connectivity index (χ3v) is 4.24. The molecule has 0 aliphatic carbocycles. The maximum atomic E-state index is 12.2. The van der Waals surface area contributed by atoms with E-state index in [0.29, 0.717) is 30.1 Å². The number of hydrogen-bond acceptors (Lipinski definition) is 4. The van der Waals surface area contributed by atoms with Crippen molar-refractivity contribution in [2.45, 2.75) is 58.9 Å². The standard InChI is InChI=1S/C17H28N4O/c1-4-14-7-5-6-12-21(14)17-19-11-9-15(20-17)16(22)18-10-8-13(2)3/h9,11,13-14H,4-8,10,12H2,1-3H3,(H,18,22). The number of carbonyl (C=O) groups excluding carboxylic acids is 1. The fourth-order valence-corrected chi connectivity index (χ4v) is 2.87. The third-order valence-electron chi connectivity index (χ3n) is 4.24. The van der Waals surface area contributed by atoms with Crippen LogP contribution in [0.5, 0.6) is 0 Å². The smallest absolute Gasteiger partial charge is 0.270 e. The van der Waals surface area contributed by atoms with Crippen molar-refractivity contribution in [2.75, 3.05) is 18.0 Å². The minimum Gasteiger partial charge on any atom is -0.351 e. The number of nitrogens with zero attached hydrogens (tertiary/aromatic N) is 3. The van der Waals surface area contributed by atoms with Crippen LogP contribution in [-0.4, -0.2) is 35.0 Å². The lowest BCUT2D eigenvalue weighted by Gasteiger charge is -2.35. The van der Waals surface area contributed by atoms with Gasteiger partial charge in [-0.15, -0.1) is 0 Å². The van der Waals surface area contributed by atoms with Crippen molar-refractivity contribution < 1.29 is 4.79 Å². The zero-order chi connectivity index (χ0) is 15.9. The number of piperidine rings is 1. The second kappa shape index (κ2) is 8.11. The summed E-state index contributed by atoms with van der Waals surface area (Å²) in [6.07, 6.45) is 7.39. The van der Waals surface area contributed by atoms with Crippen LogP contribution in [0, 0.1) is 5.92 Å². The van der Waals surface area contributed by atoms with E-state index in [1.807, 2.05) is 0 Å². The fourth-order valence-electron chi connectivity index (χ4n) is 2.87. The van der Waals surface area contributed by atoms with Gasteiger partial charge in [0.25, 0.3) is 5.91 Å². The normalized spacial score (nSPS) is 18.5. The quantitative estimate of drug-likeness (QED) is 0.877. The molecule has 1 unspecified atom stereocenters. The first-order valence-corrected chi connectivity index (χ1v) is 8.49. The molecule has 0 spiro atoms. The van der Waals surface area contributed by atoms with Crippen LogP contribution in [0.3, 0.4) is 0 Å². The van der Waals surface area contributed by atoms with Gasteiger partial charge in [0.05, 0.1) is 0 Å². The van der Waals surface area contributed by atoms with E-state index in [1.165, 1.54) is 19.3 Å². The van der Waals surface area contributed by atoms with Crippen LogP contribution in [0.25, 0.3) is 0 Å². The minimum absolute atomic E-state index is 0.102. The van der Waals surface area contributed by atoms with Crippen molar-refractivity contribution in [2.24, 2.45) is 5.92 Å². The molecular formula is C17H28N4O. The molecule has 1 amide bonds. The van der Waals surface area contributed by atoms with E-state index in [0.717, 1.165) is 19.4 Å². The van der Waals surface area contributed by atoms with Gasteiger partial charge in [0, 0.05) is 25.3 Å². The lowest BCUT2D eigenvalue weighted by atomic mass is 10.0. The molecule has 2 rings (SSSR count). The SMILES string of the molecule is CCC1CCCCN1c1nccc(C(=O)NCCC(C)C)n1. The molecule has 1 aromatic rings. The van der Waals surface area contributed by atoms with Gasteiger partial charge in [-0.1, -0.05) is 20.8 Å². The van der Waals surface area contributed by atoms with Gasteiger partial charge in [0.2, 0.25) is 5.95 Å².